The molecule has 6 heteroatoms. The van der Waals surface area contributed by atoms with Crippen molar-refractivity contribution in [1.29, 1.82) is 0 Å². The normalized spacial score (nSPS) is 11.2. The van der Waals surface area contributed by atoms with Crippen molar-refractivity contribution >= 4 is 34.3 Å². The minimum absolute atomic E-state index is 0.00528. The Morgan fingerprint density at radius 2 is 1.92 bits per heavy atom. The summed E-state index contributed by atoms with van der Waals surface area (Å²) in [7, 11) is 0. The highest BCUT2D eigenvalue weighted by atomic mass is 35.5. The number of para-hydroxylation sites is 1. The number of thioether (sulfide) groups is 1. The van der Waals surface area contributed by atoms with Crippen LogP contribution in [-0.4, -0.2) is 22.8 Å². The maximum Gasteiger partial charge on any atom is 0.262 e. The van der Waals surface area contributed by atoms with E-state index in [-0.39, 0.29) is 5.56 Å². The first-order valence-corrected chi connectivity index (χ1v) is 10.00. The largest absolute Gasteiger partial charge is 0.382 e. The molecule has 0 saturated heterocycles. The zero-order chi connectivity index (χ0) is 18.4. The fraction of sp³-hybridized carbons (Fsp3) is 0.300. The fourth-order valence-electron chi connectivity index (χ4n) is 2.65. The highest BCUT2D eigenvalue weighted by molar-refractivity contribution is 7.98. The highest BCUT2D eigenvalue weighted by Crippen LogP contribution is 2.23. The number of hydrogen-bond donors (Lipinski definition) is 0. The van der Waals surface area contributed by atoms with Gasteiger partial charge < -0.3 is 4.74 Å². The molecule has 3 aromatic rings. The SMILES string of the molecule is CCOCCCn1c(SCc2ccc(Cl)cc2)nc2ccccc2c1=O. The lowest BCUT2D eigenvalue weighted by molar-refractivity contribution is 0.140. The molecular formula is C20H21ClN2O2S. The van der Waals surface area contributed by atoms with Gasteiger partial charge in [0.05, 0.1) is 10.9 Å². The highest BCUT2D eigenvalue weighted by Gasteiger charge is 2.11. The van der Waals surface area contributed by atoms with Crippen molar-refractivity contribution < 1.29 is 4.74 Å². The van der Waals surface area contributed by atoms with Crippen molar-refractivity contribution in [2.24, 2.45) is 0 Å². The molecule has 1 aromatic heterocycles. The van der Waals surface area contributed by atoms with Crippen molar-refractivity contribution in [1.82, 2.24) is 9.55 Å². The van der Waals surface area contributed by atoms with Crippen molar-refractivity contribution in [3.63, 3.8) is 0 Å². The van der Waals surface area contributed by atoms with Gasteiger partial charge in [-0.1, -0.05) is 47.6 Å². The molecular weight excluding hydrogens is 368 g/mol. The lowest BCUT2D eigenvalue weighted by Gasteiger charge is -2.13. The Kier molecular flexibility index (Phi) is 6.72. The third-order valence-electron chi connectivity index (χ3n) is 3.98. The summed E-state index contributed by atoms with van der Waals surface area (Å²) in [6, 6.07) is 15.2. The standard InChI is InChI=1S/C20H21ClN2O2S/c1-2-25-13-5-12-23-19(24)17-6-3-4-7-18(17)22-20(23)26-14-15-8-10-16(21)11-9-15/h3-4,6-11H,2,5,12-14H2,1H3. The van der Waals surface area contributed by atoms with Gasteiger partial charge in [-0.3, -0.25) is 9.36 Å². The van der Waals surface area contributed by atoms with Crippen molar-refractivity contribution in [3.8, 4) is 0 Å². The average molecular weight is 389 g/mol. The van der Waals surface area contributed by atoms with E-state index in [9.17, 15) is 4.79 Å². The summed E-state index contributed by atoms with van der Waals surface area (Å²) in [6.07, 6.45) is 0.780. The van der Waals surface area contributed by atoms with Gasteiger partial charge in [0.2, 0.25) is 0 Å². The number of nitrogens with zero attached hydrogens (tertiary/aromatic N) is 2. The van der Waals surface area contributed by atoms with Crippen LogP contribution in [0.25, 0.3) is 10.9 Å². The maximum atomic E-state index is 12.9. The van der Waals surface area contributed by atoms with Crippen LogP contribution in [0.4, 0.5) is 0 Å². The van der Waals surface area contributed by atoms with Gasteiger partial charge >= 0.3 is 0 Å². The second-order valence-corrected chi connectivity index (χ2v) is 7.21. The van der Waals surface area contributed by atoms with Gasteiger partial charge in [-0.15, -0.1) is 0 Å². The quantitative estimate of drug-likeness (QED) is 0.317. The van der Waals surface area contributed by atoms with E-state index in [4.69, 9.17) is 21.3 Å². The molecule has 0 N–H and O–H groups in total. The van der Waals surface area contributed by atoms with Crippen LogP contribution in [0, 0.1) is 0 Å². The lowest BCUT2D eigenvalue weighted by atomic mass is 10.2. The van der Waals surface area contributed by atoms with E-state index in [0.29, 0.717) is 25.1 Å². The topological polar surface area (TPSA) is 44.1 Å². The Hall–Kier alpha value is -1.82. The van der Waals surface area contributed by atoms with Gasteiger partial charge in [0.1, 0.15) is 0 Å². The number of ether oxygens (including phenoxy) is 1. The molecule has 1 heterocycles. The molecule has 0 fully saturated rings. The van der Waals surface area contributed by atoms with Crippen LogP contribution >= 0.6 is 23.4 Å². The molecule has 0 atom stereocenters. The van der Waals surface area contributed by atoms with E-state index >= 15 is 0 Å². The molecule has 0 aliphatic carbocycles. The molecule has 0 saturated carbocycles. The smallest absolute Gasteiger partial charge is 0.262 e. The van der Waals surface area contributed by atoms with E-state index < -0.39 is 0 Å². The van der Waals surface area contributed by atoms with Gasteiger partial charge in [0.25, 0.3) is 5.56 Å². The summed E-state index contributed by atoms with van der Waals surface area (Å²) in [5.41, 5.74) is 1.88. The predicted molar refractivity (Wildman–Crippen MR) is 108 cm³/mol. The Morgan fingerprint density at radius 3 is 2.69 bits per heavy atom. The summed E-state index contributed by atoms with van der Waals surface area (Å²) >= 11 is 7.51. The fourth-order valence-corrected chi connectivity index (χ4v) is 3.76. The summed E-state index contributed by atoms with van der Waals surface area (Å²) in [5, 5.41) is 2.11. The zero-order valence-electron chi connectivity index (χ0n) is 14.7. The molecule has 2 aromatic carbocycles. The van der Waals surface area contributed by atoms with E-state index in [0.717, 1.165) is 33.4 Å². The molecule has 3 rings (SSSR count). The molecule has 0 bridgehead atoms. The molecule has 0 aliphatic heterocycles. The Morgan fingerprint density at radius 1 is 1.15 bits per heavy atom. The van der Waals surface area contributed by atoms with E-state index in [1.807, 2.05) is 55.5 Å². The van der Waals surface area contributed by atoms with Gasteiger partial charge in [-0.05, 0) is 43.2 Å². The number of rotatable bonds is 8. The number of halogens is 1. The van der Waals surface area contributed by atoms with E-state index in [2.05, 4.69) is 0 Å². The molecule has 0 unspecified atom stereocenters. The first-order chi connectivity index (χ1) is 12.7. The Balaban J connectivity index is 1.87. The molecule has 0 spiro atoms. The van der Waals surface area contributed by atoms with E-state index in [1.54, 1.807) is 16.3 Å². The monoisotopic (exact) mass is 388 g/mol. The Bertz CT molecular complexity index is 925. The second-order valence-electron chi connectivity index (χ2n) is 5.83. The van der Waals surface area contributed by atoms with Crippen LogP contribution in [-0.2, 0) is 17.0 Å². The van der Waals surface area contributed by atoms with Crippen LogP contribution in [0.15, 0.2) is 58.5 Å². The molecule has 136 valence electrons. The molecule has 4 nitrogen and oxygen atoms in total. The van der Waals surface area contributed by atoms with Crippen LogP contribution in [0.3, 0.4) is 0 Å². The van der Waals surface area contributed by atoms with Crippen LogP contribution < -0.4 is 5.56 Å². The first-order valence-electron chi connectivity index (χ1n) is 8.63. The predicted octanol–water partition coefficient (Wildman–Crippen LogP) is 4.77. The summed E-state index contributed by atoms with van der Waals surface area (Å²) in [6.45, 7) is 3.89. The number of hydrogen-bond acceptors (Lipinski definition) is 4. The second kappa shape index (κ2) is 9.21. The third-order valence-corrected chi connectivity index (χ3v) is 5.28. The number of aromatic nitrogens is 2. The van der Waals surface area contributed by atoms with Gasteiger partial charge in [0.15, 0.2) is 5.16 Å². The molecule has 26 heavy (non-hydrogen) atoms. The van der Waals surface area contributed by atoms with Gasteiger partial charge in [-0.25, -0.2) is 4.98 Å². The van der Waals surface area contributed by atoms with Crippen molar-refractivity contribution in [2.75, 3.05) is 13.2 Å². The van der Waals surface area contributed by atoms with Gasteiger partial charge in [0, 0.05) is 30.5 Å². The summed E-state index contributed by atoms with van der Waals surface area (Å²) < 4.78 is 7.17. The third kappa shape index (κ3) is 4.67. The average Bonchev–Trinajstić information content (AvgIpc) is 2.66. The first kappa shape index (κ1) is 19.0. The van der Waals surface area contributed by atoms with Crippen LogP contribution in [0.5, 0.6) is 0 Å². The number of benzene rings is 2. The van der Waals surface area contributed by atoms with E-state index in [1.165, 1.54) is 0 Å². The minimum Gasteiger partial charge on any atom is -0.382 e. The number of fused-ring (bicyclic) bond motifs is 1. The molecule has 0 aliphatic rings. The summed E-state index contributed by atoms with van der Waals surface area (Å²) in [4.78, 5) is 17.6. The molecule has 0 amide bonds. The minimum atomic E-state index is 0.00528. The lowest BCUT2D eigenvalue weighted by Crippen LogP contribution is -2.24. The van der Waals surface area contributed by atoms with Gasteiger partial charge in [-0.2, -0.15) is 0 Å². The zero-order valence-corrected chi connectivity index (χ0v) is 16.2. The maximum absolute atomic E-state index is 12.9. The van der Waals surface area contributed by atoms with Crippen molar-refractivity contribution in [3.05, 3.63) is 69.5 Å². The van der Waals surface area contributed by atoms with Crippen LogP contribution in [0.1, 0.15) is 18.9 Å². The summed E-state index contributed by atoms with van der Waals surface area (Å²) in [5.74, 6) is 0.730. The van der Waals surface area contributed by atoms with Crippen LogP contribution in [0.2, 0.25) is 5.02 Å². The molecule has 0 radical (unpaired) electrons. The Labute approximate surface area is 162 Å². The van der Waals surface area contributed by atoms with Crippen molar-refractivity contribution in [2.45, 2.75) is 30.8 Å².